The molecule has 126 valence electrons. The quantitative estimate of drug-likeness (QED) is 0.401. The largest absolute Gasteiger partial charge is 0.235 e. The van der Waals surface area contributed by atoms with E-state index in [2.05, 4.69) is 64.8 Å². The maximum absolute atomic E-state index is 4.76. The van der Waals surface area contributed by atoms with E-state index in [1.54, 1.807) is 23.1 Å². The van der Waals surface area contributed by atoms with E-state index in [4.69, 9.17) is 5.10 Å². The standard InChI is InChI=1S/C20H14N4S2/c1-2-8-17(9-3-1)25-13-18-21-22-20-24(18)23-19(26-20)16-11-10-14-6-4-5-7-15(14)12-16/h1-12H,13H2. The molecule has 0 saturated heterocycles. The van der Waals surface area contributed by atoms with Crippen LogP contribution >= 0.6 is 23.1 Å². The summed E-state index contributed by atoms with van der Waals surface area (Å²) in [6, 6.07) is 25.1. The van der Waals surface area contributed by atoms with E-state index in [9.17, 15) is 0 Å². The molecule has 5 rings (SSSR count). The summed E-state index contributed by atoms with van der Waals surface area (Å²) >= 11 is 3.31. The Morgan fingerprint density at radius 2 is 1.65 bits per heavy atom. The molecule has 0 unspecified atom stereocenters. The number of nitrogens with zero attached hydrogens (tertiary/aromatic N) is 4. The molecular weight excluding hydrogens is 360 g/mol. The van der Waals surface area contributed by atoms with Crippen molar-refractivity contribution in [3.05, 3.63) is 78.6 Å². The van der Waals surface area contributed by atoms with Crippen LogP contribution in [0.4, 0.5) is 0 Å². The molecule has 0 atom stereocenters. The highest BCUT2D eigenvalue weighted by atomic mass is 32.2. The first-order chi connectivity index (χ1) is 12.9. The highest BCUT2D eigenvalue weighted by molar-refractivity contribution is 7.98. The molecule has 0 fully saturated rings. The lowest BCUT2D eigenvalue weighted by molar-refractivity contribution is 0.887. The Hall–Kier alpha value is -2.70. The Labute approximate surface area is 158 Å². The molecule has 26 heavy (non-hydrogen) atoms. The molecule has 0 aliphatic carbocycles. The predicted octanol–water partition coefficient (Wildman–Crippen LogP) is 5.30. The molecule has 0 radical (unpaired) electrons. The molecule has 0 N–H and O–H groups in total. The van der Waals surface area contributed by atoms with Crippen LogP contribution < -0.4 is 0 Å². The Kier molecular flexibility index (Phi) is 3.92. The first-order valence-electron chi connectivity index (χ1n) is 8.25. The van der Waals surface area contributed by atoms with Crippen LogP contribution in [0.5, 0.6) is 0 Å². The SMILES string of the molecule is c1ccc(SCc2nnc3sc(-c4ccc5ccccc5c4)nn23)cc1. The summed E-state index contributed by atoms with van der Waals surface area (Å²) < 4.78 is 1.87. The lowest BCUT2D eigenvalue weighted by Crippen LogP contribution is -1.94. The van der Waals surface area contributed by atoms with Crippen LogP contribution in [0.2, 0.25) is 0 Å². The fraction of sp³-hybridized carbons (Fsp3) is 0.0500. The molecule has 2 heterocycles. The third kappa shape index (κ3) is 2.87. The van der Waals surface area contributed by atoms with Crippen molar-refractivity contribution in [1.82, 2.24) is 19.8 Å². The van der Waals surface area contributed by atoms with Crippen LogP contribution in [0.15, 0.2) is 77.7 Å². The normalized spacial score (nSPS) is 11.4. The summed E-state index contributed by atoms with van der Waals surface area (Å²) in [5, 5.41) is 16.8. The fourth-order valence-corrected chi connectivity index (χ4v) is 4.53. The molecule has 3 aromatic carbocycles. The second kappa shape index (κ2) is 6.55. The lowest BCUT2D eigenvalue weighted by atomic mass is 10.1. The number of hydrogen-bond acceptors (Lipinski definition) is 5. The number of aromatic nitrogens is 4. The van der Waals surface area contributed by atoms with Gasteiger partial charge in [0.25, 0.3) is 0 Å². The molecule has 0 aliphatic rings. The second-order valence-electron chi connectivity index (χ2n) is 5.88. The van der Waals surface area contributed by atoms with E-state index in [0.717, 1.165) is 27.1 Å². The molecule has 0 amide bonds. The first-order valence-corrected chi connectivity index (χ1v) is 10.1. The van der Waals surface area contributed by atoms with E-state index in [-0.39, 0.29) is 0 Å². The van der Waals surface area contributed by atoms with E-state index in [1.807, 2.05) is 22.7 Å². The Morgan fingerprint density at radius 3 is 2.54 bits per heavy atom. The Balaban J connectivity index is 1.47. The van der Waals surface area contributed by atoms with Crippen LogP contribution in [-0.2, 0) is 5.75 Å². The van der Waals surface area contributed by atoms with E-state index in [0.29, 0.717) is 0 Å². The minimum Gasteiger partial charge on any atom is -0.186 e. The number of fused-ring (bicyclic) bond motifs is 2. The van der Waals surface area contributed by atoms with Gasteiger partial charge in [0.1, 0.15) is 5.01 Å². The summed E-state index contributed by atoms with van der Waals surface area (Å²) in [5.41, 5.74) is 1.11. The maximum Gasteiger partial charge on any atom is 0.235 e. The van der Waals surface area contributed by atoms with Crippen molar-refractivity contribution >= 4 is 38.8 Å². The van der Waals surface area contributed by atoms with E-state index >= 15 is 0 Å². The molecule has 2 aromatic heterocycles. The third-order valence-electron chi connectivity index (χ3n) is 4.16. The summed E-state index contributed by atoms with van der Waals surface area (Å²) in [7, 11) is 0. The highest BCUT2D eigenvalue weighted by Gasteiger charge is 2.13. The van der Waals surface area contributed by atoms with Crippen molar-refractivity contribution in [3.8, 4) is 10.6 Å². The summed E-state index contributed by atoms with van der Waals surface area (Å²) in [5.74, 6) is 1.61. The van der Waals surface area contributed by atoms with E-state index in [1.165, 1.54) is 15.7 Å². The lowest BCUT2D eigenvalue weighted by Gasteiger charge is -2.00. The van der Waals surface area contributed by atoms with Gasteiger partial charge in [-0.1, -0.05) is 65.9 Å². The van der Waals surface area contributed by atoms with Gasteiger partial charge >= 0.3 is 0 Å². The van der Waals surface area contributed by atoms with Crippen molar-refractivity contribution in [2.24, 2.45) is 0 Å². The molecule has 6 heteroatoms. The molecule has 0 spiro atoms. The van der Waals surface area contributed by atoms with Crippen LogP contribution in [0, 0.1) is 0 Å². The van der Waals surface area contributed by atoms with Crippen molar-refractivity contribution < 1.29 is 0 Å². The first kappa shape index (κ1) is 15.5. The monoisotopic (exact) mass is 374 g/mol. The minimum absolute atomic E-state index is 0.742. The van der Waals surface area contributed by atoms with Crippen molar-refractivity contribution in [3.63, 3.8) is 0 Å². The number of rotatable bonds is 4. The summed E-state index contributed by atoms with van der Waals surface area (Å²) in [6.07, 6.45) is 0. The van der Waals surface area contributed by atoms with Crippen LogP contribution in [-0.4, -0.2) is 19.8 Å². The topological polar surface area (TPSA) is 43.1 Å². The molecule has 4 nitrogen and oxygen atoms in total. The maximum atomic E-state index is 4.76. The number of hydrogen-bond donors (Lipinski definition) is 0. The van der Waals surface area contributed by atoms with Crippen LogP contribution in [0.3, 0.4) is 0 Å². The third-order valence-corrected chi connectivity index (χ3v) is 6.12. The predicted molar refractivity (Wildman–Crippen MR) is 108 cm³/mol. The molecular formula is C20H14N4S2. The van der Waals surface area contributed by atoms with Gasteiger partial charge in [0.2, 0.25) is 4.96 Å². The summed E-state index contributed by atoms with van der Waals surface area (Å²) in [4.78, 5) is 2.05. The van der Waals surface area contributed by atoms with Gasteiger partial charge in [-0.05, 0) is 29.0 Å². The van der Waals surface area contributed by atoms with Gasteiger partial charge in [0.05, 0.1) is 5.75 Å². The number of thioether (sulfide) groups is 1. The average Bonchev–Trinajstić information content (AvgIpc) is 3.28. The van der Waals surface area contributed by atoms with Gasteiger partial charge in [0, 0.05) is 10.5 Å². The van der Waals surface area contributed by atoms with Crippen molar-refractivity contribution in [2.45, 2.75) is 10.6 Å². The Morgan fingerprint density at radius 1 is 0.846 bits per heavy atom. The number of benzene rings is 3. The van der Waals surface area contributed by atoms with Crippen LogP contribution in [0.25, 0.3) is 26.3 Å². The Bertz CT molecular complexity index is 1190. The molecule has 0 aliphatic heterocycles. The summed E-state index contributed by atoms with van der Waals surface area (Å²) in [6.45, 7) is 0. The fourth-order valence-electron chi connectivity index (χ4n) is 2.85. The van der Waals surface area contributed by atoms with Gasteiger partial charge < -0.3 is 0 Å². The smallest absolute Gasteiger partial charge is 0.186 e. The molecule has 5 aromatic rings. The second-order valence-corrected chi connectivity index (χ2v) is 7.89. The van der Waals surface area contributed by atoms with Gasteiger partial charge in [-0.25, -0.2) is 0 Å². The van der Waals surface area contributed by atoms with E-state index < -0.39 is 0 Å². The van der Waals surface area contributed by atoms with Gasteiger partial charge in [-0.15, -0.1) is 22.0 Å². The van der Waals surface area contributed by atoms with Gasteiger partial charge in [-0.2, -0.15) is 9.61 Å². The van der Waals surface area contributed by atoms with Crippen molar-refractivity contribution in [1.29, 1.82) is 0 Å². The molecule has 0 bridgehead atoms. The van der Waals surface area contributed by atoms with Gasteiger partial charge in [-0.3, -0.25) is 0 Å². The zero-order valence-electron chi connectivity index (χ0n) is 13.7. The minimum atomic E-state index is 0.742. The zero-order valence-corrected chi connectivity index (χ0v) is 15.4. The highest BCUT2D eigenvalue weighted by Crippen LogP contribution is 2.29. The van der Waals surface area contributed by atoms with Crippen molar-refractivity contribution in [2.75, 3.05) is 0 Å². The zero-order chi connectivity index (χ0) is 17.3. The van der Waals surface area contributed by atoms with Gasteiger partial charge in [0.15, 0.2) is 5.82 Å². The van der Waals surface area contributed by atoms with Crippen LogP contribution in [0.1, 0.15) is 5.82 Å². The molecule has 0 saturated carbocycles. The average molecular weight is 374 g/mol.